The molecule has 2 rings (SSSR count). The molecule has 2 nitrogen and oxygen atoms in total. The van der Waals surface area contributed by atoms with E-state index >= 15 is 0 Å². The standard InChI is InChI=1S/C12H9BrClNOS/c13-10-5-6-17-11(10)12(16)15-9-3-1-8(7-14)2-4-9/h1-6H,7H2,(H,15,16). The summed E-state index contributed by atoms with van der Waals surface area (Å²) in [7, 11) is 0. The van der Waals surface area contributed by atoms with E-state index in [1.54, 1.807) is 0 Å². The van der Waals surface area contributed by atoms with Gasteiger partial charge in [-0.1, -0.05) is 12.1 Å². The molecular weight excluding hydrogens is 322 g/mol. The average molecular weight is 331 g/mol. The normalized spacial score (nSPS) is 10.2. The van der Waals surface area contributed by atoms with Crippen LogP contribution in [0.3, 0.4) is 0 Å². The van der Waals surface area contributed by atoms with Crippen molar-refractivity contribution in [2.24, 2.45) is 0 Å². The van der Waals surface area contributed by atoms with Gasteiger partial charge in [-0.15, -0.1) is 22.9 Å². The predicted molar refractivity (Wildman–Crippen MR) is 76.0 cm³/mol. The fourth-order valence-corrected chi connectivity index (χ4v) is 2.95. The first-order chi connectivity index (χ1) is 8.20. The molecule has 0 bridgehead atoms. The number of halogens is 2. The number of nitrogens with one attached hydrogen (secondary N) is 1. The number of benzene rings is 1. The third kappa shape index (κ3) is 3.09. The molecule has 1 aromatic heterocycles. The summed E-state index contributed by atoms with van der Waals surface area (Å²) in [4.78, 5) is 12.6. The van der Waals surface area contributed by atoms with E-state index in [0.717, 1.165) is 15.7 Å². The largest absolute Gasteiger partial charge is 0.321 e. The number of alkyl halides is 1. The summed E-state index contributed by atoms with van der Waals surface area (Å²) in [5, 5.41) is 4.71. The van der Waals surface area contributed by atoms with Crippen molar-refractivity contribution in [3.63, 3.8) is 0 Å². The van der Waals surface area contributed by atoms with Crippen LogP contribution >= 0.6 is 38.9 Å². The van der Waals surface area contributed by atoms with E-state index in [2.05, 4.69) is 21.2 Å². The maximum absolute atomic E-state index is 11.9. The monoisotopic (exact) mass is 329 g/mol. The third-order valence-electron chi connectivity index (χ3n) is 2.19. The van der Waals surface area contributed by atoms with Gasteiger partial charge in [0.1, 0.15) is 4.88 Å². The Bertz CT molecular complexity index is 524. The van der Waals surface area contributed by atoms with Gasteiger partial charge < -0.3 is 5.32 Å². The van der Waals surface area contributed by atoms with Crippen LogP contribution in [-0.2, 0) is 5.88 Å². The Hall–Kier alpha value is -0.840. The molecule has 0 spiro atoms. The SMILES string of the molecule is O=C(Nc1ccc(CCl)cc1)c1sccc1Br. The molecule has 1 heterocycles. The van der Waals surface area contributed by atoms with Gasteiger partial charge in [0.2, 0.25) is 0 Å². The van der Waals surface area contributed by atoms with Gasteiger partial charge in [-0.25, -0.2) is 0 Å². The molecule has 1 N–H and O–H groups in total. The van der Waals surface area contributed by atoms with Gasteiger partial charge in [0.05, 0.1) is 0 Å². The molecule has 0 aliphatic heterocycles. The number of thiophene rings is 1. The molecular formula is C12H9BrClNOS. The van der Waals surface area contributed by atoms with Crippen LogP contribution in [0.2, 0.25) is 0 Å². The fraction of sp³-hybridized carbons (Fsp3) is 0.0833. The van der Waals surface area contributed by atoms with Gasteiger partial charge in [-0.3, -0.25) is 4.79 Å². The third-order valence-corrected chi connectivity index (χ3v) is 4.33. The number of hydrogen-bond donors (Lipinski definition) is 1. The highest BCUT2D eigenvalue weighted by Gasteiger charge is 2.11. The lowest BCUT2D eigenvalue weighted by atomic mass is 10.2. The molecule has 0 unspecified atom stereocenters. The molecule has 2 aromatic rings. The second-order valence-electron chi connectivity index (χ2n) is 3.38. The highest BCUT2D eigenvalue weighted by molar-refractivity contribution is 9.10. The summed E-state index contributed by atoms with van der Waals surface area (Å²) in [6.45, 7) is 0. The maximum atomic E-state index is 11.9. The highest BCUT2D eigenvalue weighted by atomic mass is 79.9. The Morgan fingerprint density at radius 1 is 1.29 bits per heavy atom. The topological polar surface area (TPSA) is 29.1 Å². The average Bonchev–Trinajstić information content (AvgIpc) is 2.76. The quantitative estimate of drug-likeness (QED) is 0.825. The van der Waals surface area contributed by atoms with E-state index in [-0.39, 0.29) is 5.91 Å². The Balaban J connectivity index is 2.10. The van der Waals surface area contributed by atoms with Crippen LogP contribution in [-0.4, -0.2) is 5.91 Å². The molecule has 0 atom stereocenters. The van der Waals surface area contributed by atoms with Gasteiger partial charge in [0.25, 0.3) is 5.91 Å². The predicted octanol–water partition coefficient (Wildman–Crippen LogP) is 4.50. The zero-order valence-electron chi connectivity index (χ0n) is 8.74. The van der Waals surface area contributed by atoms with Crippen LogP contribution in [0.4, 0.5) is 5.69 Å². The smallest absolute Gasteiger partial charge is 0.266 e. The van der Waals surface area contributed by atoms with Gasteiger partial charge in [-0.2, -0.15) is 0 Å². The molecule has 17 heavy (non-hydrogen) atoms. The summed E-state index contributed by atoms with van der Waals surface area (Å²) < 4.78 is 0.817. The fourth-order valence-electron chi connectivity index (χ4n) is 1.32. The van der Waals surface area contributed by atoms with Crippen molar-refractivity contribution in [2.75, 3.05) is 5.32 Å². The van der Waals surface area contributed by atoms with E-state index < -0.39 is 0 Å². The molecule has 0 saturated heterocycles. The van der Waals surface area contributed by atoms with Crippen molar-refractivity contribution >= 4 is 50.5 Å². The Morgan fingerprint density at radius 2 is 2.00 bits per heavy atom. The number of anilines is 1. The number of rotatable bonds is 3. The maximum Gasteiger partial charge on any atom is 0.266 e. The van der Waals surface area contributed by atoms with E-state index in [9.17, 15) is 4.79 Å². The zero-order chi connectivity index (χ0) is 12.3. The summed E-state index contributed by atoms with van der Waals surface area (Å²) in [5.41, 5.74) is 1.80. The van der Waals surface area contributed by atoms with Gasteiger partial charge in [0, 0.05) is 16.0 Å². The second kappa shape index (κ2) is 5.67. The van der Waals surface area contributed by atoms with Gasteiger partial charge in [0.15, 0.2) is 0 Å². The lowest BCUT2D eigenvalue weighted by Gasteiger charge is -2.04. The molecule has 0 aliphatic carbocycles. The lowest BCUT2D eigenvalue weighted by Crippen LogP contribution is -2.10. The number of amides is 1. The summed E-state index contributed by atoms with van der Waals surface area (Å²) in [5.74, 6) is 0.371. The minimum atomic E-state index is -0.106. The molecule has 0 fully saturated rings. The minimum Gasteiger partial charge on any atom is -0.321 e. The lowest BCUT2D eigenvalue weighted by molar-refractivity contribution is 0.103. The van der Waals surface area contributed by atoms with Crippen molar-refractivity contribution in [3.8, 4) is 0 Å². The van der Waals surface area contributed by atoms with E-state index in [4.69, 9.17) is 11.6 Å². The summed E-state index contributed by atoms with van der Waals surface area (Å²) in [6, 6.07) is 9.34. The number of carbonyl (C=O) groups is 1. The first kappa shape index (κ1) is 12.6. The number of hydrogen-bond acceptors (Lipinski definition) is 2. The van der Waals surface area contributed by atoms with Gasteiger partial charge in [-0.05, 0) is 45.1 Å². The van der Waals surface area contributed by atoms with Crippen LogP contribution in [0.15, 0.2) is 40.2 Å². The highest BCUT2D eigenvalue weighted by Crippen LogP contribution is 2.23. The Kier molecular flexibility index (Phi) is 4.20. The van der Waals surface area contributed by atoms with E-state index in [0.29, 0.717) is 10.8 Å². The molecule has 5 heteroatoms. The van der Waals surface area contributed by atoms with Crippen LogP contribution in [0, 0.1) is 0 Å². The van der Waals surface area contributed by atoms with E-state index in [1.165, 1.54) is 11.3 Å². The Morgan fingerprint density at radius 3 is 2.53 bits per heavy atom. The molecule has 1 amide bonds. The Labute approximate surface area is 117 Å². The minimum absolute atomic E-state index is 0.106. The van der Waals surface area contributed by atoms with Crippen molar-refractivity contribution in [2.45, 2.75) is 5.88 Å². The first-order valence-corrected chi connectivity index (χ1v) is 7.10. The molecule has 1 aromatic carbocycles. The van der Waals surface area contributed by atoms with Crippen molar-refractivity contribution in [3.05, 3.63) is 50.6 Å². The molecule has 88 valence electrons. The summed E-state index contributed by atoms with van der Waals surface area (Å²) in [6.07, 6.45) is 0. The van der Waals surface area contributed by atoms with Crippen molar-refractivity contribution in [1.82, 2.24) is 0 Å². The number of carbonyl (C=O) groups excluding carboxylic acids is 1. The van der Waals surface area contributed by atoms with Crippen LogP contribution in [0.1, 0.15) is 15.2 Å². The summed E-state index contributed by atoms with van der Waals surface area (Å²) >= 11 is 10.4. The second-order valence-corrected chi connectivity index (χ2v) is 5.42. The van der Waals surface area contributed by atoms with Crippen molar-refractivity contribution < 1.29 is 4.79 Å². The molecule has 0 aliphatic rings. The van der Waals surface area contributed by atoms with E-state index in [1.807, 2.05) is 35.7 Å². The van der Waals surface area contributed by atoms with Crippen LogP contribution in [0.25, 0.3) is 0 Å². The molecule has 0 radical (unpaired) electrons. The zero-order valence-corrected chi connectivity index (χ0v) is 11.9. The van der Waals surface area contributed by atoms with Crippen LogP contribution in [0.5, 0.6) is 0 Å². The van der Waals surface area contributed by atoms with Crippen molar-refractivity contribution in [1.29, 1.82) is 0 Å². The van der Waals surface area contributed by atoms with Crippen LogP contribution < -0.4 is 5.32 Å². The molecule has 0 saturated carbocycles. The first-order valence-electron chi connectivity index (χ1n) is 4.90. The van der Waals surface area contributed by atoms with Gasteiger partial charge >= 0.3 is 0 Å².